The lowest BCUT2D eigenvalue weighted by Gasteiger charge is -2.59. The number of nitro groups is 1. The fourth-order valence-corrected chi connectivity index (χ4v) is 10.6. The van der Waals surface area contributed by atoms with Crippen molar-refractivity contribution in [1.82, 2.24) is 4.90 Å². The molecule has 1 aliphatic heterocycles. The third-order valence-electron chi connectivity index (χ3n) is 13.5. The van der Waals surface area contributed by atoms with E-state index in [1.165, 1.54) is 19.2 Å². The van der Waals surface area contributed by atoms with Crippen molar-refractivity contribution < 1.29 is 48.5 Å². The highest BCUT2D eigenvalue weighted by Gasteiger charge is 2.65. The van der Waals surface area contributed by atoms with E-state index < -0.39 is 28.8 Å². The average Bonchev–Trinajstić information content (AvgIpc) is 3.37. The van der Waals surface area contributed by atoms with Gasteiger partial charge in [-0.25, -0.2) is 4.79 Å². The number of nitro benzene ring substituents is 1. The second-order valence-corrected chi connectivity index (χ2v) is 17.7. The van der Waals surface area contributed by atoms with Crippen molar-refractivity contribution in [3.8, 4) is 17.2 Å². The molecule has 14 nitrogen and oxygen atoms in total. The number of hydrogen-bond donors (Lipinski definition) is 2. The Bertz CT molecular complexity index is 2620. The van der Waals surface area contributed by atoms with E-state index in [1.54, 1.807) is 29.2 Å². The number of carbonyl (C=O) groups excluding carboxylic acids is 1. The number of benzene rings is 5. The first-order valence-electron chi connectivity index (χ1n) is 23.8. The van der Waals surface area contributed by atoms with E-state index in [2.05, 4.69) is 12.7 Å². The lowest BCUT2D eigenvalue weighted by Crippen LogP contribution is -2.70. The number of unbranched alkanes of at least 4 members (excludes halogenated alkanes) is 2. The van der Waals surface area contributed by atoms with Crippen LogP contribution in [-0.4, -0.2) is 83.8 Å². The van der Waals surface area contributed by atoms with Crippen LogP contribution in [0.3, 0.4) is 0 Å². The molecule has 0 bridgehead atoms. The Kier molecular flexibility index (Phi) is 16.4. The molecule has 1 heterocycles. The van der Waals surface area contributed by atoms with Crippen LogP contribution in [0.2, 0.25) is 0 Å². The zero-order valence-electron chi connectivity index (χ0n) is 39.0. The Hall–Kier alpha value is -6.58. The van der Waals surface area contributed by atoms with Gasteiger partial charge in [-0.1, -0.05) is 109 Å². The fraction of sp³-hybridized carbons (Fsp3) is 0.382. The molecule has 1 amide bonds. The molecule has 3 aliphatic rings. The lowest BCUT2D eigenvalue weighted by molar-refractivity contribution is -0.384. The van der Waals surface area contributed by atoms with Gasteiger partial charge in [-0.2, -0.15) is 0 Å². The Balaban J connectivity index is 1.28. The number of carbonyl (C=O) groups is 1. The standard InChI is InChI=1S/C55H61N3O11/c1-3-29-67-55-51(57(36-41-20-13-19-39-17-7-8-23-45(39)41)54(61)66-31-30-65-37-38-15-5-4-6-16-38)35-49(56-64-2)47-32-40(18-9-11-27-59)46(24-10-12-28-60)52(53(47)55)48-34-44(25-26-50(48)69-55)68-43-22-14-21-42(33-43)58(62)63/h3-8,13-17,19-23,25-26,32-34,40,46,51-53,59-60H,1,9-12,18,24,27-31,35-37H2,2H3/t40-,46+,51-,52+,53+,55+/m0/s1. The molecular formula is C55H61N3O11. The molecule has 14 heteroatoms. The molecule has 69 heavy (non-hydrogen) atoms. The number of ether oxygens (including phenoxy) is 5. The van der Waals surface area contributed by atoms with Crippen LogP contribution in [0, 0.1) is 27.9 Å². The summed E-state index contributed by atoms with van der Waals surface area (Å²) in [6.07, 6.45) is 7.78. The number of fused-ring (bicyclic) bond motifs is 3. The van der Waals surface area contributed by atoms with Gasteiger partial charge in [0, 0.05) is 37.2 Å². The normalized spacial score (nSPS) is 21.9. The molecule has 8 rings (SSSR count). The quantitative estimate of drug-likeness (QED) is 0.0276. The Morgan fingerprint density at radius 3 is 2.45 bits per heavy atom. The minimum atomic E-state index is -1.55. The van der Waals surface area contributed by atoms with Gasteiger partial charge in [-0.3, -0.25) is 15.0 Å². The first-order chi connectivity index (χ1) is 33.8. The molecule has 1 saturated carbocycles. The van der Waals surface area contributed by atoms with E-state index in [0.717, 1.165) is 58.7 Å². The zero-order valence-corrected chi connectivity index (χ0v) is 39.0. The van der Waals surface area contributed by atoms with Crippen molar-refractivity contribution in [1.29, 1.82) is 0 Å². The number of nitrogens with zero attached hydrogens (tertiary/aromatic N) is 3. The number of amides is 1. The lowest BCUT2D eigenvalue weighted by atomic mass is 9.55. The average molecular weight is 940 g/mol. The first kappa shape index (κ1) is 48.9. The van der Waals surface area contributed by atoms with Crippen LogP contribution in [-0.2, 0) is 32.2 Å². The molecule has 2 aliphatic carbocycles. The summed E-state index contributed by atoms with van der Waals surface area (Å²) in [5.74, 6) is -1.24. The van der Waals surface area contributed by atoms with Crippen LogP contribution in [0.4, 0.5) is 10.5 Å². The summed E-state index contributed by atoms with van der Waals surface area (Å²) < 4.78 is 33.1. The summed E-state index contributed by atoms with van der Waals surface area (Å²) in [6.45, 7) is 4.88. The molecule has 0 aromatic heterocycles. The number of aliphatic hydroxyl groups excluding tert-OH is 2. The Morgan fingerprint density at radius 2 is 1.67 bits per heavy atom. The van der Waals surface area contributed by atoms with Crippen LogP contribution >= 0.6 is 0 Å². The number of rotatable bonds is 23. The molecule has 6 atom stereocenters. The second-order valence-electron chi connectivity index (χ2n) is 17.7. The molecule has 0 unspecified atom stereocenters. The van der Waals surface area contributed by atoms with Crippen molar-refractivity contribution in [3.05, 3.63) is 166 Å². The summed E-state index contributed by atoms with van der Waals surface area (Å²) in [5, 5.41) is 38.4. The van der Waals surface area contributed by atoms with Crippen molar-refractivity contribution >= 4 is 28.3 Å². The highest BCUT2D eigenvalue weighted by Crippen LogP contribution is 2.62. The number of allylic oxidation sites excluding steroid dienone is 1. The van der Waals surface area contributed by atoms with Gasteiger partial charge in [0.2, 0.25) is 5.79 Å². The van der Waals surface area contributed by atoms with Crippen molar-refractivity contribution in [2.45, 2.75) is 75.8 Å². The minimum Gasteiger partial charge on any atom is -0.459 e. The number of non-ortho nitro benzene ring substituents is 1. The van der Waals surface area contributed by atoms with Crippen molar-refractivity contribution in [2.24, 2.45) is 22.9 Å². The highest BCUT2D eigenvalue weighted by atomic mass is 16.7. The smallest absolute Gasteiger partial charge is 0.410 e. The Labute approximate surface area is 402 Å². The topological polar surface area (TPSA) is 172 Å². The van der Waals surface area contributed by atoms with Crippen LogP contribution in [0.25, 0.3) is 10.8 Å². The van der Waals surface area contributed by atoms with Gasteiger partial charge in [0.1, 0.15) is 37.0 Å². The van der Waals surface area contributed by atoms with Crippen molar-refractivity contribution in [2.75, 3.05) is 40.1 Å². The van der Waals surface area contributed by atoms with Gasteiger partial charge in [-0.05, 0) is 89.3 Å². The minimum absolute atomic E-state index is 0.00198. The summed E-state index contributed by atoms with van der Waals surface area (Å²) in [6, 6.07) is 34.6. The second kappa shape index (κ2) is 23.1. The SMILES string of the molecule is C=CCO[C@@]12Oc3ccc(Oc4cccc([N+](=O)[O-])c4)cc3[C@H]3[C@H](CCCCO)[C@@H](CCCCO)C=C(C(=NOC)C[C@@H]1N(Cc1cccc4ccccc14)C(=O)OCCOCc1ccccc1)[C@H]32. The zero-order chi connectivity index (χ0) is 48.2. The van der Waals surface area contributed by atoms with Gasteiger partial charge in [0.25, 0.3) is 5.69 Å². The van der Waals surface area contributed by atoms with E-state index in [9.17, 15) is 20.3 Å². The van der Waals surface area contributed by atoms with E-state index in [0.29, 0.717) is 42.4 Å². The molecule has 0 saturated heterocycles. The summed E-state index contributed by atoms with van der Waals surface area (Å²) >= 11 is 0. The third kappa shape index (κ3) is 11.0. The molecule has 5 aromatic carbocycles. The van der Waals surface area contributed by atoms with E-state index >= 15 is 4.79 Å². The largest absolute Gasteiger partial charge is 0.459 e. The molecule has 2 N–H and O–H groups in total. The van der Waals surface area contributed by atoms with Gasteiger partial charge >= 0.3 is 6.09 Å². The van der Waals surface area contributed by atoms with E-state index in [-0.39, 0.29) is 69.4 Å². The first-order valence-corrected chi connectivity index (χ1v) is 23.8. The van der Waals surface area contributed by atoms with Gasteiger partial charge in [0.15, 0.2) is 0 Å². The number of aliphatic hydroxyl groups is 2. The van der Waals surface area contributed by atoms with Crippen LogP contribution in [0.1, 0.15) is 67.6 Å². The highest BCUT2D eigenvalue weighted by molar-refractivity contribution is 6.03. The predicted octanol–water partition coefficient (Wildman–Crippen LogP) is 10.7. The number of hydrogen-bond acceptors (Lipinski definition) is 12. The molecular weight excluding hydrogens is 879 g/mol. The van der Waals surface area contributed by atoms with Crippen LogP contribution in [0.5, 0.6) is 17.2 Å². The molecule has 5 aromatic rings. The van der Waals surface area contributed by atoms with Crippen LogP contribution < -0.4 is 9.47 Å². The molecule has 362 valence electrons. The monoisotopic (exact) mass is 939 g/mol. The summed E-state index contributed by atoms with van der Waals surface area (Å²) in [5.41, 5.74) is 4.14. The van der Waals surface area contributed by atoms with E-state index in [4.69, 9.17) is 33.7 Å². The summed E-state index contributed by atoms with van der Waals surface area (Å²) in [7, 11) is 1.51. The maximum absolute atomic E-state index is 15.1. The van der Waals surface area contributed by atoms with Gasteiger partial charge in [-0.15, -0.1) is 6.58 Å². The third-order valence-corrected chi connectivity index (χ3v) is 13.5. The molecule has 1 fully saturated rings. The summed E-state index contributed by atoms with van der Waals surface area (Å²) in [4.78, 5) is 33.7. The predicted molar refractivity (Wildman–Crippen MR) is 262 cm³/mol. The van der Waals surface area contributed by atoms with Crippen LogP contribution in [0.15, 0.2) is 145 Å². The van der Waals surface area contributed by atoms with Crippen molar-refractivity contribution in [3.63, 3.8) is 0 Å². The molecule has 0 spiro atoms. The Morgan fingerprint density at radius 1 is 0.913 bits per heavy atom. The molecule has 0 radical (unpaired) electrons. The fourth-order valence-electron chi connectivity index (χ4n) is 10.6. The van der Waals surface area contributed by atoms with Gasteiger partial charge in [0.05, 0.1) is 49.0 Å². The van der Waals surface area contributed by atoms with E-state index in [1.807, 2.05) is 84.9 Å². The number of oxime groups is 1. The maximum Gasteiger partial charge on any atom is 0.410 e. The van der Waals surface area contributed by atoms with Gasteiger partial charge < -0.3 is 38.7 Å². The maximum atomic E-state index is 15.1.